The zero-order chi connectivity index (χ0) is 16.8. The molecule has 24 heavy (non-hydrogen) atoms. The number of nitrogens with zero attached hydrogens (tertiary/aromatic N) is 3. The number of nitrogens with one attached hydrogen (secondary N) is 1. The van der Waals surface area contributed by atoms with Crippen molar-refractivity contribution >= 4 is 6.03 Å². The lowest BCUT2D eigenvalue weighted by atomic mass is 10.1. The molecule has 2 heterocycles. The van der Waals surface area contributed by atoms with Crippen molar-refractivity contribution in [3.8, 4) is 5.88 Å². The van der Waals surface area contributed by atoms with Crippen LogP contribution in [-0.2, 0) is 6.54 Å². The van der Waals surface area contributed by atoms with E-state index in [1.165, 1.54) is 18.5 Å². The molecule has 2 aromatic rings. The van der Waals surface area contributed by atoms with Gasteiger partial charge in [0.15, 0.2) is 0 Å². The number of carbonyl (C=O) groups excluding carboxylic acids is 1. The van der Waals surface area contributed by atoms with E-state index in [1.807, 2.05) is 0 Å². The van der Waals surface area contributed by atoms with Gasteiger partial charge in [0, 0.05) is 44.7 Å². The van der Waals surface area contributed by atoms with Gasteiger partial charge in [-0.25, -0.2) is 19.2 Å². The topological polar surface area (TPSA) is 67.4 Å². The maximum Gasteiger partial charge on any atom is 0.317 e. The fourth-order valence-corrected chi connectivity index (χ4v) is 2.59. The second-order valence-electron chi connectivity index (χ2n) is 5.64. The Morgan fingerprint density at radius 1 is 1.25 bits per heavy atom. The van der Waals surface area contributed by atoms with Gasteiger partial charge in [-0.15, -0.1) is 0 Å². The van der Waals surface area contributed by atoms with Crippen LogP contribution in [-0.4, -0.2) is 40.1 Å². The summed E-state index contributed by atoms with van der Waals surface area (Å²) in [7, 11) is 0. The number of piperidine rings is 1. The highest BCUT2D eigenvalue weighted by atomic mass is 19.1. The van der Waals surface area contributed by atoms with Gasteiger partial charge in [0.25, 0.3) is 0 Å². The summed E-state index contributed by atoms with van der Waals surface area (Å²) in [6, 6.07) is 7.71. The molecular weight excluding hydrogens is 311 g/mol. The van der Waals surface area contributed by atoms with Gasteiger partial charge >= 0.3 is 6.03 Å². The van der Waals surface area contributed by atoms with E-state index in [-0.39, 0.29) is 18.0 Å². The Morgan fingerprint density at radius 2 is 2.00 bits per heavy atom. The summed E-state index contributed by atoms with van der Waals surface area (Å²) in [6.07, 6.45) is 4.66. The second kappa shape index (κ2) is 7.72. The Balaban J connectivity index is 1.42. The molecule has 0 bridgehead atoms. The highest BCUT2D eigenvalue weighted by Crippen LogP contribution is 2.16. The molecule has 0 saturated carbocycles. The highest BCUT2D eigenvalue weighted by molar-refractivity contribution is 5.74. The van der Waals surface area contributed by atoms with Crippen molar-refractivity contribution in [2.24, 2.45) is 0 Å². The van der Waals surface area contributed by atoms with Crippen LogP contribution in [0.5, 0.6) is 5.88 Å². The molecule has 7 heteroatoms. The molecule has 6 nitrogen and oxygen atoms in total. The van der Waals surface area contributed by atoms with E-state index in [0.717, 1.165) is 18.4 Å². The van der Waals surface area contributed by atoms with Gasteiger partial charge in [0.1, 0.15) is 18.2 Å². The van der Waals surface area contributed by atoms with E-state index in [1.54, 1.807) is 29.3 Å². The molecule has 0 spiro atoms. The Labute approximate surface area is 139 Å². The van der Waals surface area contributed by atoms with E-state index in [2.05, 4.69) is 15.3 Å². The van der Waals surface area contributed by atoms with E-state index in [0.29, 0.717) is 25.5 Å². The first-order chi connectivity index (χ1) is 11.7. The SMILES string of the molecule is O=C(NCc1ccc(F)cc1)N1CCC(Oc2ccncn2)CC1. The maximum absolute atomic E-state index is 12.9. The van der Waals surface area contributed by atoms with Gasteiger partial charge in [-0.2, -0.15) is 0 Å². The standard InChI is InChI=1S/C17H19FN4O2/c18-14-3-1-13(2-4-14)11-20-17(23)22-9-6-15(7-10-22)24-16-5-8-19-12-21-16/h1-5,8,12,15H,6-7,9-11H2,(H,20,23). The summed E-state index contributed by atoms with van der Waals surface area (Å²) >= 11 is 0. The molecular formula is C17H19FN4O2. The minimum atomic E-state index is -0.282. The first kappa shape index (κ1) is 16.2. The zero-order valence-corrected chi connectivity index (χ0v) is 13.2. The van der Waals surface area contributed by atoms with Gasteiger partial charge in [-0.3, -0.25) is 0 Å². The van der Waals surface area contributed by atoms with Gasteiger partial charge in [-0.1, -0.05) is 12.1 Å². The van der Waals surface area contributed by atoms with Crippen LogP contribution >= 0.6 is 0 Å². The van der Waals surface area contributed by atoms with Crippen molar-refractivity contribution in [1.29, 1.82) is 0 Å². The summed E-state index contributed by atoms with van der Waals surface area (Å²) in [6.45, 7) is 1.65. The van der Waals surface area contributed by atoms with Crippen molar-refractivity contribution in [3.63, 3.8) is 0 Å². The number of urea groups is 1. The average Bonchev–Trinajstić information content (AvgIpc) is 2.62. The predicted molar refractivity (Wildman–Crippen MR) is 85.9 cm³/mol. The first-order valence-corrected chi connectivity index (χ1v) is 7.90. The number of amides is 2. The van der Waals surface area contributed by atoms with E-state index in [4.69, 9.17) is 4.74 Å². The Hall–Kier alpha value is -2.70. The van der Waals surface area contributed by atoms with E-state index in [9.17, 15) is 9.18 Å². The van der Waals surface area contributed by atoms with Crippen LogP contribution in [0, 0.1) is 5.82 Å². The zero-order valence-electron chi connectivity index (χ0n) is 13.2. The van der Waals surface area contributed by atoms with Gasteiger partial charge < -0.3 is 15.0 Å². The molecule has 0 aliphatic carbocycles. The van der Waals surface area contributed by atoms with Crippen LogP contribution in [0.3, 0.4) is 0 Å². The number of benzene rings is 1. The molecule has 1 aromatic heterocycles. The molecule has 0 radical (unpaired) electrons. The summed E-state index contributed by atoms with van der Waals surface area (Å²) in [5, 5.41) is 2.86. The second-order valence-corrected chi connectivity index (χ2v) is 5.64. The molecule has 1 aliphatic rings. The molecule has 2 amide bonds. The minimum absolute atomic E-state index is 0.0565. The Kier molecular flexibility index (Phi) is 5.20. The lowest BCUT2D eigenvalue weighted by molar-refractivity contribution is 0.107. The monoisotopic (exact) mass is 330 g/mol. The normalized spacial score (nSPS) is 15.1. The maximum atomic E-state index is 12.9. The molecule has 0 atom stereocenters. The minimum Gasteiger partial charge on any atom is -0.474 e. The quantitative estimate of drug-likeness (QED) is 0.934. The van der Waals surface area contributed by atoms with Crippen LogP contribution < -0.4 is 10.1 Å². The summed E-state index contributed by atoms with van der Waals surface area (Å²) < 4.78 is 18.6. The third kappa shape index (κ3) is 4.41. The van der Waals surface area contributed by atoms with Crippen molar-refractivity contribution in [3.05, 3.63) is 54.2 Å². The molecule has 1 aliphatic heterocycles. The van der Waals surface area contributed by atoms with Crippen LogP contribution in [0.4, 0.5) is 9.18 Å². The van der Waals surface area contributed by atoms with Crippen molar-refractivity contribution < 1.29 is 13.9 Å². The molecule has 1 fully saturated rings. The highest BCUT2D eigenvalue weighted by Gasteiger charge is 2.24. The summed E-state index contributed by atoms with van der Waals surface area (Å²) in [4.78, 5) is 21.8. The lowest BCUT2D eigenvalue weighted by Crippen LogP contribution is -2.46. The molecule has 1 aromatic carbocycles. The first-order valence-electron chi connectivity index (χ1n) is 7.90. The number of hydrogen-bond donors (Lipinski definition) is 1. The van der Waals surface area contributed by atoms with Gasteiger partial charge in [-0.05, 0) is 17.7 Å². The molecule has 1 saturated heterocycles. The van der Waals surface area contributed by atoms with Crippen molar-refractivity contribution in [2.45, 2.75) is 25.5 Å². The number of likely N-dealkylation sites (tertiary alicyclic amines) is 1. The largest absolute Gasteiger partial charge is 0.474 e. The smallest absolute Gasteiger partial charge is 0.317 e. The fourth-order valence-electron chi connectivity index (χ4n) is 2.59. The third-order valence-electron chi connectivity index (χ3n) is 3.93. The van der Waals surface area contributed by atoms with Crippen molar-refractivity contribution in [1.82, 2.24) is 20.2 Å². The number of aromatic nitrogens is 2. The number of ether oxygens (including phenoxy) is 1. The number of halogens is 1. The summed E-state index contributed by atoms with van der Waals surface area (Å²) in [5.74, 6) is 0.278. The van der Waals surface area contributed by atoms with Crippen LogP contribution in [0.1, 0.15) is 18.4 Å². The predicted octanol–water partition coefficient (Wildman–Crippen LogP) is 2.37. The van der Waals surface area contributed by atoms with Crippen LogP contribution in [0.25, 0.3) is 0 Å². The average molecular weight is 330 g/mol. The fraction of sp³-hybridized carbons (Fsp3) is 0.353. The van der Waals surface area contributed by atoms with Crippen LogP contribution in [0.2, 0.25) is 0 Å². The molecule has 3 rings (SSSR count). The number of hydrogen-bond acceptors (Lipinski definition) is 4. The number of rotatable bonds is 4. The van der Waals surface area contributed by atoms with Gasteiger partial charge in [0.2, 0.25) is 5.88 Å². The van der Waals surface area contributed by atoms with Crippen molar-refractivity contribution in [2.75, 3.05) is 13.1 Å². The van der Waals surface area contributed by atoms with E-state index < -0.39 is 0 Å². The molecule has 0 unspecified atom stereocenters. The summed E-state index contributed by atoms with van der Waals surface area (Å²) in [5.41, 5.74) is 0.867. The number of carbonyl (C=O) groups is 1. The molecule has 1 N–H and O–H groups in total. The third-order valence-corrected chi connectivity index (χ3v) is 3.93. The Morgan fingerprint density at radius 3 is 2.67 bits per heavy atom. The Bertz CT molecular complexity index is 658. The van der Waals surface area contributed by atoms with Crippen LogP contribution in [0.15, 0.2) is 42.9 Å². The van der Waals surface area contributed by atoms with Gasteiger partial charge in [0.05, 0.1) is 0 Å². The molecule has 126 valence electrons. The van der Waals surface area contributed by atoms with E-state index >= 15 is 0 Å². The lowest BCUT2D eigenvalue weighted by Gasteiger charge is -2.31.